The third kappa shape index (κ3) is 2.28. The minimum atomic E-state index is -0.590. The van der Waals surface area contributed by atoms with Crippen molar-refractivity contribution in [2.75, 3.05) is 31.7 Å². The summed E-state index contributed by atoms with van der Waals surface area (Å²) in [5.74, 6) is 0.510. The van der Waals surface area contributed by atoms with E-state index in [1.54, 1.807) is 32.4 Å². The minimum absolute atomic E-state index is 0.0845. The summed E-state index contributed by atoms with van der Waals surface area (Å²) in [6.07, 6.45) is 3.93. The molecule has 1 amide bonds. The monoisotopic (exact) mass is 354 g/mol. The summed E-state index contributed by atoms with van der Waals surface area (Å²) >= 11 is 0. The van der Waals surface area contributed by atoms with Crippen molar-refractivity contribution in [1.82, 2.24) is 9.88 Å². The molecule has 5 nitrogen and oxygen atoms in total. The molecule has 0 saturated heterocycles. The van der Waals surface area contributed by atoms with Gasteiger partial charge < -0.3 is 16.0 Å². The van der Waals surface area contributed by atoms with Crippen LogP contribution in [0.1, 0.15) is 35.7 Å². The average molecular weight is 354 g/mol. The van der Waals surface area contributed by atoms with Crippen LogP contribution in [0.4, 0.5) is 15.9 Å². The summed E-state index contributed by atoms with van der Waals surface area (Å²) in [5.41, 5.74) is 8.27. The lowest BCUT2D eigenvalue weighted by molar-refractivity contribution is 0.0824. The maximum Gasteiger partial charge on any atom is 0.258 e. The van der Waals surface area contributed by atoms with Gasteiger partial charge in [0.15, 0.2) is 0 Å². The second-order valence-electron chi connectivity index (χ2n) is 7.53. The summed E-state index contributed by atoms with van der Waals surface area (Å²) in [7, 11) is 3.16. The standard InChI is InChI=1S/C20H23FN4O/c1-4-12-8-20(12)10-24-18-14(20)7-11(9-23-18)13-5-6-15(22)16(17(13)21)19(26)25(2)3/h5-7,9,12H,4,8,10,22H2,1-3H3,(H,23,24)/t12-,20-/m1/s1. The van der Waals surface area contributed by atoms with Gasteiger partial charge in [0.1, 0.15) is 11.6 Å². The van der Waals surface area contributed by atoms with Gasteiger partial charge in [-0.2, -0.15) is 0 Å². The summed E-state index contributed by atoms with van der Waals surface area (Å²) in [6.45, 7) is 3.10. The molecule has 1 spiro atoms. The van der Waals surface area contributed by atoms with E-state index in [0.29, 0.717) is 17.0 Å². The van der Waals surface area contributed by atoms with Gasteiger partial charge in [0.25, 0.3) is 5.91 Å². The van der Waals surface area contributed by atoms with Crippen LogP contribution in [0.3, 0.4) is 0 Å². The zero-order valence-electron chi connectivity index (χ0n) is 15.3. The Morgan fingerprint density at radius 1 is 1.46 bits per heavy atom. The molecule has 2 atom stereocenters. The van der Waals surface area contributed by atoms with Crippen molar-refractivity contribution >= 4 is 17.4 Å². The Kier molecular flexibility index (Phi) is 3.68. The molecule has 0 radical (unpaired) electrons. The van der Waals surface area contributed by atoms with Crippen LogP contribution in [0.15, 0.2) is 24.4 Å². The maximum absolute atomic E-state index is 15.2. The predicted molar refractivity (Wildman–Crippen MR) is 101 cm³/mol. The van der Waals surface area contributed by atoms with Crippen LogP contribution in [-0.4, -0.2) is 36.4 Å². The molecule has 26 heavy (non-hydrogen) atoms. The molecule has 2 aliphatic rings. The average Bonchev–Trinajstić information content (AvgIpc) is 3.22. The molecule has 6 heteroatoms. The van der Waals surface area contributed by atoms with E-state index in [-0.39, 0.29) is 16.7 Å². The van der Waals surface area contributed by atoms with Crippen molar-refractivity contribution in [1.29, 1.82) is 0 Å². The number of nitrogens with zero attached hydrogens (tertiary/aromatic N) is 2. The molecular formula is C20H23FN4O. The number of hydrogen-bond donors (Lipinski definition) is 2. The number of nitrogens with two attached hydrogens (primary N) is 1. The third-order valence-electron chi connectivity index (χ3n) is 5.83. The molecule has 2 heterocycles. The van der Waals surface area contributed by atoms with Crippen molar-refractivity contribution in [3.63, 3.8) is 0 Å². The number of rotatable bonds is 3. The van der Waals surface area contributed by atoms with E-state index in [1.807, 2.05) is 6.07 Å². The number of carbonyl (C=O) groups excluding carboxylic acids is 1. The number of hydrogen-bond acceptors (Lipinski definition) is 4. The van der Waals surface area contributed by atoms with E-state index in [4.69, 9.17) is 5.73 Å². The smallest absolute Gasteiger partial charge is 0.258 e. The zero-order valence-corrected chi connectivity index (χ0v) is 15.3. The van der Waals surface area contributed by atoms with E-state index >= 15 is 4.39 Å². The van der Waals surface area contributed by atoms with Gasteiger partial charge in [0, 0.05) is 54.6 Å². The summed E-state index contributed by atoms with van der Waals surface area (Å²) < 4.78 is 15.2. The van der Waals surface area contributed by atoms with Crippen LogP contribution < -0.4 is 11.1 Å². The molecule has 0 unspecified atom stereocenters. The van der Waals surface area contributed by atoms with Gasteiger partial charge in [0.2, 0.25) is 0 Å². The number of amides is 1. The first-order valence-electron chi connectivity index (χ1n) is 8.93. The molecule has 1 aromatic heterocycles. The van der Waals surface area contributed by atoms with Gasteiger partial charge >= 0.3 is 0 Å². The van der Waals surface area contributed by atoms with Crippen LogP contribution in [0, 0.1) is 11.7 Å². The third-order valence-corrected chi connectivity index (χ3v) is 5.83. The molecule has 1 aromatic carbocycles. The number of carbonyl (C=O) groups is 1. The Hall–Kier alpha value is -2.63. The first kappa shape index (κ1) is 16.8. The Labute approximate surface area is 152 Å². The summed E-state index contributed by atoms with van der Waals surface area (Å²) in [6, 6.07) is 5.23. The quantitative estimate of drug-likeness (QED) is 0.830. The van der Waals surface area contributed by atoms with E-state index in [9.17, 15) is 4.79 Å². The van der Waals surface area contributed by atoms with Gasteiger partial charge in [-0.3, -0.25) is 4.79 Å². The van der Waals surface area contributed by atoms with Crippen molar-refractivity contribution in [3.05, 3.63) is 41.3 Å². The Morgan fingerprint density at radius 3 is 2.88 bits per heavy atom. The highest BCUT2D eigenvalue weighted by Gasteiger charge is 2.57. The normalized spacial score (nSPS) is 22.8. The number of pyridine rings is 1. The molecule has 136 valence electrons. The lowest BCUT2D eigenvalue weighted by atomic mass is 9.93. The van der Waals surface area contributed by atoms with Crippen LogP contribution >= 0.6 is 0 Å². The van der Waals surface area contributed by atoms with Crippen LogP contribution in [0.2, 0.25) is 0 Å². The highest BCUT2D eigenvalue weighted by atomic mass is 19.1. The molecule has 4 rings (SSSR count). The highest BCUT2D eigenvalue weighted by Crippen LogP contribution is 2.60. The van der Waals surface area contributed by atoms with Gasteiger partial charge in [0.05, 0.1) is 5.56 Å². The molecule has 1 aliphatic carbocycles. The fourth-order valence-corrected chi connectivity index (χ4v) is 4.19. The van der Waals surface area contributed by atoms with Crippen LogP contribution in [0.25, 0.3) is 11.1 Å². The van der Waals surface area contributed by atoms with Gasteiger partial charge in [-0.05, 0) is 30.5 Å². The fourth-order valence-electron chi connectivity index (χ4n) is 4.19. The van der Waals surface area contributed by atoms with Gasteiger partial charge in [-0.1, -0.05) is 13.3 Å². The Bertz CT molecular complexity index is 911. The fraction of sp³-hybridized carbons (Fsp3) is 0.400. The van der Waals surface area contributed by atoms with E-state index in [1.165, 1.54) is 10.5 Å². The van der Waals surface area contributed by atoms with Gasteiger partial charge in [-0.25, -0.2) is 9.37 Å². The van der Waals surface area contributed by atoms with E-state index in [2.05, 4.69) is 17.2 Å². The number of aromatic nitrogens is 1. The Balaban J connectivity index is 1.81. The second-order valence-corrected chi connectivity index (χ2v) is 7.53. The molecule has 1 fully saturated rings. The van der Waals surface area contributed by atoms with E-state index < -0.39 is 11.7 Å². The number of halogens is 1. The number of fused-ring (bicyclic) bond motifs is 2. The lowest BCUT2D eigenvalue weighted by Gasteiger charge is -2.16. The summed E-state index contributed by atoms with van der Waals surface area (Å²) in [5, 5.41) is 3.38. The van der Waals surface area contributed by atoms with E-state index in [0.717, 1.165) is 25.2 Å². The number of nitrogen functional groups attached to an aromatic ring is 1. The van der Waals surface area contributed by atoms with Crippen molar-refractivity contribution < 1.29 is 9.18 Å². The first-order valence-corrected chi connectivity index (χ1v) is 8.93. The molecule has 0 bridgehead atoms. The Morgan fingerprint density at radius 2 is 2.23 bits per heavy atom. The van der Waals surface area contributed by atoms with Gasteiger partial charge in [-0.15, -0.1) is 0 Å². The molecule has 3 N–H and O–H groups in total. The molecule has 2 aromatic rings. The maximum atomic E-state index is 15.2. The first-order chi connectivity index (χ1) is 12.4. The van der Waals surface area contributed by atoms with Crippen molar-refractivity contribution in [2.24, 2.45) is 5.92 Å². The van der Waals surface area contributed by atoms with Crippen LogP contribution in [-0.2, 0) is 5.41 Å². The van der Waals surface area contributed by atoms with Crippen LogP contribution in [0.5, 0.6) is 0 Å². The number of anilines is 2. The molecule has 1 aliphatic heterocycles. The largest absolute Gasteiger partial charge is 0.398 e. The predicted octanol–water partition coefficient (Wildman–Crippen LogP) is 3.26. The minimum Gasteiger partial charge on any atom is -0.398 e. The lowest BCUT2D eigenvalue weighted by Crippen LogP contribution is -2.24. The SMILES string of the molecule is CC[C@@H]1C[C@@]12CNc1ncc(-c3ccc(N)c(C(=O)N(C)C)c3F)cc12. The van der Waals surface area contributed by atoms with Crippen molar-refractivity contribution in [3.8, 4) is 11.1 Å². The highest BCUT2D eigenvalue weighted by molar-refractivity contribution is 6.00. The summed E-state index contributed by atoms with van der Waals surface area (Å²) in [4.78, 5) is 18.2. The molecule has 1 saturated carbocycles. The number of benzene rings is 1. The second kappa shape index (κ2) is 5.69. The zero-order chi connectivity index (χ0) is 18.6. The molecular weight excluding hydrogens is 331 g/mol. The number of nitrogens with one attached hydrogen (secondary N) is 1. The van der Waals surface area contributed by atoms with Crippen molar-refractivity contribution in [2.45, 2.75) is 25.2 Å². The topological polar surface area (TPSA) is 71.2 Å².